The topological polar surface area (TPSA) is 139 Å². The summed E-state index contributed by atoms with van der Waals surface area (Å²) in [5.41, 5.74) is -2.47. The monoisotopic (exact) mass is 760 g/mol. The van der Waals surface area contributed by atoms with Crippen LogP contribution in [-0.2, 0) is 47.2 Å². The second-order valence-corrected chi connectivity index (χ2v) is 22.7. The van der Waals surface area contributed by atoms with Crippen LogP contribution in [0.25, 0.3) is 0 Å². The molecule has 282 valence electrons. The van der Waals surface area contributed by atoms with Gasteiger partial charge in [0.15, 0.2) is 10.9 Å². The summed E-state index contributed by atoms with van der Waals surface area (Å²) in [6.45, 7) is 12.1. The van der Waals surface area contributed by atoms with Gasteiger partial charge in [0.05, 0.1) is 12.2 Å². The number of hydrogen-bond donors (Lipinski definition) is 0. The summed E-state index contributed by atoms with van der Waals surface area (Å²) in [4.78, 5) is 0. The normalized spacial score (nSPS) is 23.3. The smallest absolute Gasteiger partial charge is 0.311 e. The van der Waals surface area contributed by atoms with Crippen LogP contribution in [0.5, 0.6) is 0 Å². The molecule has 0 aromatic carbocycles. The highest BCUT2D eigenvalue weighted by Gasteiger charge is 2.48. The lowest BCUT2D eigenvalue weighted by Gasteiger charge is -2.30. The molecule has 2 fully saturated rings. The second-order valence-electron chi connectivity index (χ2n) is 14.6. The first-order valence-corrected chi connectivity index (χ1v) is 24.4. The second kappa shape index (κ2) is 20.8. The molecule has 14 heteroatoms. The van der Waals surface area contributed by atoms with Crippen LogP contribution in [0.15, 0.2) is 0 Å². The standard InChI is InChI=1S/C34H66O10P2S2/c1-8-10-13-18-30-21-23-32(24-22-30)44-48(39,40)29(4)42-34(7,25-9-2)46(36)27-17-12-16-26-45(35)33(5,6)41-28(3)47(37,38)43-31-19-14-11-15-20-31/h28-32H,8-27H2,1-7H3/q+2. The predicted molar refractivity (Wildman–Crippen MR) is 194 cm³/mol. The molecular weight excluding hydrogens is 694 g/mol. The minimum atomic E-state index is -4.00. The first-order chi connectivity index (χ1) is 22.5. The van der Waals surface area contributed by atoms with Crippen LogP contribution < -0.4 is 0 Å². The molecule has 2 aliphatic carbocycles. The van der Waals surface area contributed by atoms with Gasteiger partial charge in [0.25, 0.3) is 30.9 Å². The van der Waals surface area contributed by atoms with E-state index in [0.717, 1.165) is 44.9 Å². The van der Waals surface area contributed by atoms with Gasteiger partial charge in [-0.25, -0.2) is 0 Å². The number of hydrogen-bond acceptors (Lipinski definition) is 10. The Morgan fingerprint density at radius 2 is 1.17 bits per heavy atom. The van der Waals surface area contributed by atoms with Gasteiger partial charge in [-0.2, -0.15) is 16.8 Å². The Bertz CT molecular complexity index is 1200. The average Bonchev–Trinajstić information content (AvgIpc) is 3.01. The van der Waals surface area contributed by atoms with Crippen molar-refractivity contribution in [3.05, 3.63) is 0 Å². The van der Waals surface area contributed by atoms with E-state index < -0.39 is 57.4 Å². The molecule has 48 heavy (non-hydrogen) atoms. The summed E-state index contributed by atoms with van der Waals surface area (Å²) in [6, 6.07) is 0. The third-order valence-corrected chi connectivity index (χ3v) is 16.9. The Labute approximate surface area is 294 Å². The molecule has 5 atom stereocenters. The Kier molecular flexibility index (Phi) is 19.2. The molecule has 0 aromatic heterocycles. The van der Waals surface area contributed by atoms with Crippen molar-refractivity contribution >= 4 is 35.8 Å². The third kappa shape index (κ3) is 14.9. The van der Waals surface area contributed by atoms with Crippen LogP contribution in [0.2, 0.25) is 0 Å². The summed E-state index contributed by atoms with van der Waals surface area (Å²) >= 11 is 0. The van der Waals surface area contributed by atoms with Crippen LogP contribution >= 0.6 is 15.6 Å². The van der Waals surface area contributed by atoms with Gasteiger partial charge < -0.3 is 9.47 Å². The lowest BCUT2D eigenvalue weighted by Crippen LogP contribution is -2.37. The molecule has 0 heterocycles. The summed E-state index contributed by atoms with van der Waals surface area (Å²) in [6.07, 6.45) is 15.7. The molecule has 0 aromatic rings. The third-order valence-electron chi connectivity index (χ3n) is 9.85. The quantitative estimate of drug-likeness (QED) is 0.0531. The van der Waals surface area contributed by atoms with E-state index in [1.165, 1.54) is 39.5 Å². The van der Waals surface area contributed by atoms with Crippen LogP contribution in [0, 0.1) is 5.92 Å². The van der Waals surface area contributed by atoms with Gasteiger partial charge >= 0.3 is 15.6 Å². The molecule has 0 N–H and O–H groups in total. The minimum Gasteiger partial charge on any atom is -0.311 e. The molecule has 0 spiro atoms. The van der Waals surface area contributed by atoms with Crippen LogP contribution in [-0.4, -0.2) is 62.9 Å². The van der Waals surface area contributed by atoms with Crippen molar-refractivity contribution in [3.63, 3.8) is 0 Å². The van der Waals surface area contributed by atoms with E-state index >= 15 is 0 Å². The first-order valence-electron chi connectivity index (χ1n) is 18.5. The SMILES string of the molecule is CCCCCC1CCC(OS(=O)(=O)C(C)OC(C)(CCC)[P+](=O)CCCCC[P+](=O)C(C)(C)OC(C)S(=O)(=O)OC2CCCCC2)CC1. The molecule has 0 bridgehead atoms. The van der Waals surface area contributed by atoms with Gasteiger partial charge in [-0.1, -0.05) is 67.9 Å². The van der Waals surface area contributed by atoms with Crippen molar-refractivity contribution in [2.24, 2.45) is 5.92 Å². The molecule has 2 aliphatic rings. The summed E-state index contributed by atoms with van der Waals surface area (Å²) in [5, 5.41) is -2.27. The average molecular weight is 761 g/mol. The van der Waals surface area contributed by atoms with E-state index in [-0.39, 0.29) is 12.2 Å². The zero-order valence-electron chi connectivity index (χ0n) is 30.8. The maximum atomic E-state index is 13.5. The van der Waals surface area contributed by atoms with Gasteiger partial charge in [0, 0.05) is 27.2 Å². The van der Waals surface area contributed by atoms with Crippen molar-refractivity contribution in [2.75, 3.05) is 12.3 Å². The molecule has 0 saturated heterocycles. The molecule has 5 unspecified atom stereocenters. The largest absolute Gasteiger partial charge is 0.373 e. The summed E-state index contributed by atoms with van der Waals surface area (Å²) in [5.74, 6) is 0.642. The Morgan fingerprint density at radius 1 is 0.646 bits per heavy atom. The predicted octanol–water partition coefficient (Wildman–Crippen LogP) is 9.95. The van der Waals surface area contributed by atoms with Crippen molar-refractivity contribution in [1.82, 2.24) is 0 Å². The maximum Gasteiger partial charge on any atom is 0.373 e. The van der Waals surface area contributed by atoms with E-state index in [4.69, 9.17) is 17.8 Å². The lowest BCUT2D eigenvalue weighted by molar-refractivity contribution is 0.00249. The molecule has 10 nitrogen and oxygen atoms in total. The molecule has 0 amide bonds. The first kappa shape index (κ1) is 44.1. The minimum absolute atomic E-state index is 0.321. The van der Waals surface area contributed by atoms with Gasteiger partial charge in [0.2, 0.25) is 0 Å². The number of rotatable bonds is 24. The molecular formula is C34H66O10P2S2+2. The van der Waals surface area contributed by atoms with Crippen molar-refractivity contribution in [2.45, 2.75) is 198 Å². The fourth-order valence-corrected chi connectivity index (χ4v) is 12.1. The zero-order chi connectivity index (χ0) is 36.0. The molecule has 2 saturated carbocycles. The van der Waals surface area contributed by atoms with Gasteiger partial charge in [-0.3, -0.25) is 8.37 Å². The molecule has 2 rings (SSSR count). The lowest BCUT2D eigenvalue weighted by atomic mass is 9.84. The van der Waals surface area contributed by atoms with E-state index in [1.807, 2.05) is 6.92 Å². The van der Waals surface area contributed by atoms with Gasteiger partial charge in [-0.15, -0.1) is 0 Å². The summed E-state index contributed by atoms with van der Waals surface area (Å²) < 4.78 is 101. The Morgan fingerprint density at radius 3 is 1.71 bits per heavy atom. The highest BCUT2D eigenvalue weighted by atomic mass is 32.2. The maximum absolute atomic E-state index is 13.5. The van der Waals surface area contributed by atoms with E-state index in [9.17, 15) is 26.0 Å². The van der Waals surface area contributed by atoms with Gasteiger partial charge in [-0.05, 0) is 84.0 Å². The Hall–Kier alpha value is -0.0600. The van der Waals surface area contributed by atoms with Gasteiger partial charge in [0.1, 0.15) is 12.3 Å². The van der Waals surface area contributed by atoms with Crippen LogP contribution in [0.1, 0.15) is 164 Å². The van der Waals surface area contributed by atoms with Crippen LogP contribution in [0.3, 0.4) is 0 Å². The van der Waals surface area contributed by atoms with Crippen molar-refractivity contribution < 1.29 is 43.8 Å². The Balaban J connectivity index is 1.79. The van der Waals surface area contributed by atoms with Crippen molar-refractivity contribution in [1.29, 1.82) is 0 Å². The highest BCUT2D eigenvalue weighted by molar-refractivity contribution is 7.87. The zero-order valence-corrected chi connectivity index (χ0v) is 34.2. The molecule has 0 aliphatic heterocycles. The van der Waals surface area contributed by atoms with Crippen molar-refractivity contribution in [3.8, 4) is 0 Å². The fraction of sp³-hybridized carbons (Fsp3) is 1.00. The van der Waals surface area contributed by atoms with Crippen LogP contribution in [0.4, 0.5) is 0 Å². The summed E-state index contributed by atoms with van der Waals surface area (Å²) in [7, 11) is -11.8. The van der Waals surface area contributed by atoms with E-state index in [0.29, 0.717) is 63.2 Å². The van der Waals surface area contributed by atoms with E-state index in [1.54, 1.807) is 20.8 Å². The number of ether oxygens (including phenoxy) is 2. The molecule has 0 radical (unpaired) electrons. The van der Waals surface area contributed by atoms with E-state index in [2.05, 4.69) is 6.92 Å². The number of unbranched alkanes of at least 4 members (excludes halogenated alkanes) is 4. The fourth-order valence-electron chi connectivity index (χ4n) is 6.74. The highest BCUT2D eigenvalue weighted by Crippen LogP contribution is 2.46.